The molecule has 2 heterocycles. The average molecular weight is 431 g/mol. The Hall–Kier alpha value is -2.54. The Bertz CT molecular complexity index is 1000. The largest absolute Gasteiger partial charge is 0.351 e. The maximum Gasteiger partial charge on any atom is 0.270 e. The van der Waals surface area contributed by atoms with Crippen molar-refractivity contribution in [3.05, 3.63) is 64.3 Å². The molecule has 0 atom stereocenters. The fourth-order valence-corrected chi connectivity index (χ4v) is 3.96. The van der Waals surface area contributed by atoms with Crippen molar-refractivity contribution in [2.75, 3.05) is 38.0 Å². The van der Waals surface area contributed by atoms with E-state index in [-0.39, 0.29) is 18.4 Å². The number of nitrogens with zero attached hydrogens (tertiary/aromatic N) is 2. The molecule has 0 unspecified atom stereocenters. The zero-order valence-electron chi connectivity index (χ0n) is 15.6. The number of hydrogen-bond acceptors (Lipinski definition) is 3. The maximum absolute atomic E-state index is 12.8. The Morgan fingerprint density at radius 2 is 1.66 bits per heavy atom. The first-order chi connectivity index (χ1) is 14.0. The van der Waals surface area contributed by atoms with Crippen LogP contribution in [0.5, 0.6) is 0 Å². The van der Waals surface area contributed by atoms with Crippen LogP contribution in [0.1, 0.15) is 10.5 Å². The number of hydrogen-bond donors (Lipinski definition) is 2. The molecule has 2 amide bonds. The minimum atomic E-state index is -0.185. The van der Waals surface area contributed by atoms with Gasteiger partial charge in [-0.3, -0.25) is 14.5 Å². The summed E-state index contributed by atoms with van der Waals surface area (Å²) in [6.45, 7) is 2.59. The summed E-state index contributed by atoms with van der Waals surface area (Å²) in [7, 11) is 0. The topological polar surface area (TPSA) is 68.4 Å². The summed E-state index contributed by atoms with van der Waals surface area (Å²) in [4.78, 5) is 32.1. The first-order valence-corrected chi connectivity index (χ1v) is 10.1. The number of aromatic amines is 1. The third kappa shape index (κ3) is 4.40. The van der Waals surface area contributed by atoms with Crippen LogP contribution in [0.15, 0.2) is 48.5 Å². The summed E-state index contributed by atoms with van der Waals surface area (Å²) in [6, 6.07) is 14.8. The van der Waals surface area contributed by atoms with Crippen molar-refractivity contribution < 1.29 is 9.59 Å². The van der Waals surface area contributed by atoms with E-state index in [1.165, 1.54) is 0 Å². The third-order valence-electron chi connectivity index (χ3n) is 5.01. The first-order valence-electron chi connectivity index (χ1n) is 9.34. The SMILES string of the molecule is O=C(CN1CCN(C(=O)c2cc3ccccc3[nH]2)CC1)Nc1c(Cl)cccc1Cl. The number of carbonyl (C=O) groups is 2. The number of H-pyrrole nitrogens is 1. The van der Waals surface area contributed by atoms with Crippen molar-refractivity contribution in [1.29, 1.82) is 0 Å². The highest BCUT2D eigenvalue weighted by Crippen LogP contribution is 2.29. The number of amides is 2. The second kappa shape index (κ2) is 8.45. The van der Waals surface area contributed by atoms with Crippen molar-refractivity contribution in [2.45, 2.75) is 0 Å². The highest BCUT2D eigenvalue weighted by Gasteiger charge is 2.24. The molecule has 29 heavy (non-hydrogen) atoms. The Kier molecular flexibility index (Phi) is 5.76. The Balaban J connectivity index is 1.32. The molecule has 1 aliphatic heterocycles. The van der Waals surface area contributed by atoms with Gasteiger partial charge in [0.2, 0.25) is 5.91 Å². The number of aromatic nitrogens is 1. The van der Waals surface area contributed by atoms with Crippen LogP contribution in [0.2, 0.25) is 10.0 Å². The molecular weight excluding hydrogens is 411 g/mol. The van der Waals surface area contributed by atoms with Crippen molar-refractivity contribution in [3.63, 3.8) is 0 Å². The lowest BCUT2D eigenvalue weighted by atomic mass is 10.2. The number of carbonyl (C=O) groups excluding carboxylic acids is 2. The van der Waals surface area contributed by atoms with Crippen LogP contribution < -0.4 is 5.32 Å². The van der Waals surface area contributed by atoms with Crippen LogP contribution in [0.4, 0.5) is 5.69 Å². The molecule has 2 aromatic carbocycles. The van der Waals surface area contributed by atoms with Gasteiger partial charge in [-0.05, 0) is 24.3 Å². The highest BCUT2D eigenvalue weighted by molar-refractivity contribution is 6.39. The average Bonchev–Trinajstić information content (AvgIpc) is 3.15. The van der Waals surface area contributed by atoms with E-state index in [1.54, 1.807) is 18.2 Å². The quantitative estimate of drug-likeness (QED) is 0.659. The second-order valence-electron chi connectivity index (χ2n) is 6.98. The lowest BCUT2D eigenvalue weighted by Gasteiger charge is -2.34. The Morgan fingerprint density at radius 1 is 0.966 bits per heavy atom. The molecule has 0 saturated carbocycles. The van der Waals surface area contributed by atoms with Gasteiger partial charge >= 0.3 is 0 Å². The molecule has 2 N–H and O–H groups in total. The van der Waals surface area contributed by atoms with E-state index in [1.807, 2.05) is 40.1 Å². The summed E-state index contributed by atoms with van der Waals surface area (Å²) in [5.41, 5.74) is 1.96. The van der Waals surface area contributed by atoms with Gasteiger partial charge in [0.05, 0.1) is 22.3 Å². The van der Waals surface area contributed by atoms with E-state index in [0.29, 0.717) is 47.6 Å². The van der Waals surface area contributed by atoms with E-state index in [2.05, 4.69) is 10.3 Å². The van der Waals surface area contributed by atoms with Gasteiger partial charge in [0.15, 0.2) is 0 Å². The lowest BCUT2D eigenvalue weighted by Crippen LogP contribution is -2.50. The fraction of sp³-hybridized carbons (Fsp3) is 0.238. The van der Waals surface area contributed by atoms with Crippen LogP contribution in [-0.2, 0) is 4.79 Å². The zero-order valence-corrected chi connectivity index (χ0v) is 17.1. The Morgan fingerprint density at radius 3 is 2.34 bits per heavy atom. The normalized spacial score (nSPS) is 14.9. The number of para-hydroxylation sites is 2. The molecule has 3 aromatic rings. The molecule has 4 rings (SSSR count). The van der Waals surface area contributed by atoms with Crippen molar-refractivity contribution >= 4 is 51.6 Å². The van der Waals surface area contributed by atoms with Crippen LogP contribution >= 0.6 is 23.2 Å². The third-order valence-corrected chi connectivity index (χ3v) is 5.64. The van der Waals surface area contributed by atoms with Gasteiger partial charge < -0.3 is 15.2 Å². The molecule has 0 spiro atoms. The predicted octanol–water partition coefficient (Wildman–Crippen LogP) is 3.87. The predicted molar refractivity (Wildman–Crippen MR) is 116 cm³/mol. The van der Waals surface area contributed by atoms with Crippen molar-refractivity contribution in [1.82, 2.24) is 14.8 Å². The standard InChI is InChI=1S/C21H20Cl2N4O2/c22-15-5-3-6-16(23)20(15)25-19(28)13-26-8-10-27(11-9-26)21(29)18-12-14-4-1-2-7-17(14)24-18/h1-7,12,24H,8-11,13H2,(H,25,28). The first kappa shape index (κ1) is 19.8. The molecule has 150 valence electrons. The number of nitrogens with one attached hydrogen (secondary N) is 2. The smallest absolute Gasteiger partial charge is 0.270 e. The van der Waals surface area contributed by atoms with Gasteiger partial charge in [-0.2, -0.15) is 0 Å². The van der Waals surface area contributed by atoms with Gasteiger partial charge in [0, 0.05) is 37.1 Å². The van der Waals surface area contributed by atoms with E-state index in [9.17, 15) is 9.59 Å². The molecule has 1 aliphatic rings. The van der Waals surface area contributed by atoms with Gasteiger partial charge in [-0.25, -0.2) is 0 Å². The van der Waals surface area contributed by atoms with Crippen LogP contribution in [0, 0.1) is 0 Å². The number of halogens is 2. The Labute approximate surface area is 178 Å². The number of anilines is 1. The number of fused-ring (bicyclic) bond motifs is 1. The number of piperazine rings is 1. The molecule has 0 radical (unpaired) electrons. The molecule has 0 bridgehead atoms. The van der Waals surface area contributed by atoms with Gasteiger partial charge in [-0.1, -0.05) is 47.5 Å². The summed E-state index contributed by atoms with van der Waals surface area (Å²) in [5.74, 6) is -0.205. The van der Waals surface area contributed by atoms with Crippen molar-refractivity contribution in [3.8, 4) is 0 Å². The van der Waals surface area contributed by atoms with Crippen molar-refractivity contribution in [2.24, 2.45) is 0 Å². The maximum atomic E-state index is 12.8. The molecule has 1 fully saturated rings. The highest BCUT2D eigenvalue weighted by atomic mass is 35.5. The minimum absolute atomic E-state index is 0.0202. The zero-order chi connectivity index (χ0) is 20.4. The summed E-state index contributed by atoms with van der Waals surface area (Å²) >= 11 is 12.2. The van der Waals surface area contributed by atoms with Gasteiger partial charge in [0.1, 0.15) is 5.69 Å². The lowest BCUT2D eigenvalue weighted by molar-refractivity contribution is -0.117. The van der Waals surface area contributed by atoms with Crippen LogP contribution in [-0.4, -0.2) is 59.3 Å². The number of benzene rings is 2. The molecule has 1 aromatic heterocycles. The van der Waals surface area contributed by atoms with E-state index < -0.39 is 0 Å². The molecule has 6 nitrogen and oxygen atoms in total. The van der Waals surface area contributed by atoms with Gasteiger partial charge in [-0.15, -0.1) is 0 Å². The van der Waals surface area contributed by atoms with Crippen LogP contribution in [0.25, 0.3) is 10.9 Å². The fourth-order valence-electron chi connectivity index (χ4n) is 3.47. The monoisotopic (exact) mass is 430 g/mol. The van der Waals surface area contributed by atoms with E-state index >= 15 is 0 Å². The molecule has 0 aliphatic carbocycles. The molecular formula is C21H20Cl2N4O2. The van der Waals surface area contributed by atoms with Crippen LogP contribution in [0.3, 0.4) is 0 Å². The van der Waals surface area contributed by atoms with E-state index in [4.69, 9.17) is 23.2 Å². The summed E-state index contributed by atoms with van der Waals surface area (Å²) in [6.07, 6.45) is 0. The molecule has 8 heteroatoms. The number of rotatable bonds is 4. The molecule has 1 saturated heterocycles. The summed E-state index contributed by atoms with van der Waals surface area (Å²) < 4.78 is 0. The minimum Gasteiger partial charge on any atom is -0.351 e. The van der Waals surface area contributed by atoms with E-state index in [0.717, 1.165) is 10.9 Å². The summed E-state index contributed by atoms with van der Waals surface area (Å²) in [5, 5.41) is 4.59. The second-order valence-corrected chi connectivity index (χ2v) is 7.80. The van der Waals surface area contributed by atoms with Gasteiger partial charge in [0.25, 0.3) is 5.91 Å².